The van der Waals surface area contributed by atoms with Gasteiger partial charge in [0.1, 0.15) is 0 Å². The van der Waals surface area contributed by atoms with Gasteiger partial charge in [-0.2, -0.15) is 0 Å². The highest BCUT2D eigenvalue weighted by atomic mass is 16.1. The van der Waals surface area contributed by atoms with Crippen molar-refractivity contribution in [3.8, 4) is 0 Å². The van der Waals surface area contributed by atoms with Crippen molar-refractivity contribution in [1.82, 2.24) is 5.32 Å². The van der Waals surface area contributed by atoms with E-state index in [4.69, 9.17) is 0 Å². The number of hydrogen-bond acceptors (Lipinski definition) is 1. The van der Waals surface area contributed by atoms with Crippen molar-refractivity contribution in [1.29, 1.82) is 0 Å². The van der Waals surface area contributed by atoms with Crippen LogP contribution in [0, 0.1) is 0 Å². The summed E-state index contributed by atoms with van der Waals surface area (Å²) in [4.78, 5) is 11.8. The molecule has 0 fully saturated rings. The van der Waals surface area contributed by atoms with Crippen LogP contribution < -0.4 is 5.32 Å². The van der Waals surface area contributed by atoms with Gasteiger partial charge in [0.25, 0.3) is 0 Å². The number of carbonyl (C=O) groups excluding carboxylic acids is 1. The van der Waals surface area contributed by atoms with Gasteiger partial charge in [-0.25, -0.2) is 0 Å². The molecule has 1 N–H and O–H groups in total. The van der Waals surface area contributed by atoms with E-state index in [1.807, 2.05) is 25.1 Å². The fourth-order valence-electron chi connectivity index (χ4n) is 1.98. The molecule has 0 heterocycles. The van der Waals surface area contributed by atoms with Gasteiger partial charge < -0.3 is 5.32 Å². The van der Waals surface area contributed by atoms with Gasteiger partial charge in [-0.05, 0) is 24.5 Å². The van der Waals surface area contributed by atoms with Crippen LogP contribution >= 0.6 is 0 Å². The first kappa shape index (κ1) is 9.97. The Morgan fingerprint density at radius 2 is 2.27 bits per heavy atom. The van der Waals surface area contributed by atoms with Crippen LogP contribution in [0.15, 0.2) is 30.3 Å². The third-order valence-corrected chi connectivity index (χ3v) is 2.71. The fourth-order valence-corrected chi connectivity index (χ4v) is 1.98. The maximum Gasteiger partial charge on any atom is 0.227 e. The lowest BCUT2D eigenvalue weighted by Gasteiger charge is -2.20. The molecule has 1 aromatic carbocycles. The van der Waals surface area contributed by atoms with Crippen LogP contribution in [0.3, 0.4) is 0 Å². The molecule has 2 rings (SSSR count). The van der Waals surface area contributed by atoms with E-state index in [1.165, 1.54) is 5.56 Å². The van der Waals surface area contributed by atoms with Crippen molar-refractivity contribution in [2.75, 3.05) is 6.54 Å². The second-order valence-electron chi connectivity index (χ2n) is 3.71. The van der Waals surface area contributed by atoms with Crippen LogP contribution in [0.5, 0.6) is 0 Å². The molecule has 2 nitrogen and oxygen atoms in total. The quantitative estimate of drug-likeness (QED) is 0.781. The number of fused-ring (bicyclic) bond motifs is 1. The van der Waals surface area contributed by atoms with Crippen LogP contribution in [0.1, 0.15) is 30.4 Å². The maximum atomic E-state index is 11.8. The summed E-state index contributed by atoms with van der Waals surface area (Å²) in [7, 11) is 0. The first-order chi connectivity index (χ1) is 7.33. The predicted molar refractivity (Wildman–Crippen MR) is 61.5 cm³/mol. The van der Waals surface area contributed by atoms with Gasteiger partial charge in [-0.1, -0.05) is 36.4 Å². The normalized spacial score (nSPS) is 18.3. The molecular weight excluding hydrogens is 186 g/mol. The molecule has 15 heavy (non-hydrogen) atoms. The summed E-state index contributed by atoms with van der Waals surface area (Å²) in [5.41, 5.74) is 2.31. The van der Waals surface area contributed by atoms with Gasteiger partial charge in [0.2, 0.25) is 5.91 Å². The Kier molecular flexibility index (Phi) is 2.86. The molecule has 0 aliphatic heterocycles. The Morgan fingerprint density at radius 3 is 3.07 bits per heavy atom. The van der Waals surface area contributed by atoms with E-state index in [-0.39, 0.29) is 11.8 Å². The van der Waals surface area contributed by atoms with E-state index < -0.39 is 0 Å². The topological polar surface area (TPSA) is 29.1 Å². The summed E-state index contributed by atoms with van der Waals surface area (Å²) in [6, 6.07) is 8.09. The molecule has 2 heteroatoms. The van der Waals surface area contributed by atoms with Crippen LogP contribution in [0.4, 0.5) is 0 Å². The molecule has 1 aliphatic rings. The molecule has 0 saturated carbocycles. The van der Waals surface area contributed by atoms with Crippen molar-refractivity contribution in [2.24, 2.45) is 0 Å². The van der Waals surface area contributed by atoms with Gasteiger partial charge in [-0.15, -0.1) is 0 Å². The van der Waals surface area contributed by atoms with Gasteiger partial charge in [0, 0.05) is 6.54 Å². The molecule has 0 saturated heterocycles. The lowest BCUT2D eigenvalue weighted by molar-refractivity contribution is -0.122. The van der Waals surface area contributed by atoms with Crippen molar-refractivity contribution < 1.29 is 4.79 Å². The predicted octanol–water partition coefficient (Wildman–Crippen LogP) is 2.32. The van der Waals surface area contributed by atoms with Crippen LogP contribution in [0.2, 0.25) is 0 Å². The SMILES string of the molecule is CCNC(=O)C1CC=Cc2ccccc21. The zero-order chi connectivity index (χ0) is 10.7. The number of nitrogens with one attached hydrogen (secondary N) is 1. The first-order valence-corrected chi connectivity index (χ1v) is 5.36. The van der Waals surface area contributed by atoms with E-state index in [0.29, 0.717) is 6.54 Å². The molecule has 1 unspecified atom stereocenters. The minimum absolute atomic E-state index is 0.00819. The van der Waals surface area contributed by atoms with Crippen LogP contribution in [-0.4, -0.2) is 12.5 Å². The molecule has 0 aromatic heterocycles. The summed E-state index contributed by atoms with van der Waals surface area (Å²) in [5.74, 6) is 0.125. The lowest BCUT2D eigenvalue weighted by atomic mass is 9.86. The third-order valence-electron chi connectivity index (χ3n) is 2.71. The Morgan fingerprint density at radius 1 is 1.47 bits per heavy atom. The molecule has 1 aliphatic carbocycles. The van der Waals surface area contributed by atoms with Gasteiger partial charge in [0.05, 0.1) is 5.92 Å². The van der Waals surface area contributed by atoms with Crippen LogP contribution in [0.25, 0.3) is 6.08 Å². The number of likely N-dealkylation sites (N-methyl/N-ethyl adjacent to an activating group) is 1. The van der Waals surface area contributed by atoms with Gasteiger partial charge >= 0.3 is 0 Å². The molecular formula is C13H15NO. The minimum Gasteiger partial charge on any atom is -0.356 e. The molecule has 1 amide bonds. The second-order valence-corrected chi connectivity index (χ2v) is 3.71. The van der Waals surface area contributed by atoms with Gasteiger partial charge in [-0.3, -0.25) is 4.79 Å². The molecule has 1 aromatic rings. The number of rotatable bonds is 2. The number of amides is 1. The summed E-state index contributed by atoms with van der Waals surface area (Å²) in [6.45, 7) is 2.64. The summed E-state index contributed by atoms with van der Waals surface area (Å²) < 4.78 is 0. The van der Waals surface area contributed by atoms with Crippen molar-refractivity contribution in [3.63, 3.8) is 0 Å². The van der Waals surface area contributed by atoms with Crippen molar-refractivity contribution >= 4 is 12.0 Å². The Balaban J connectivity index is 2.30. The number of hydrogen-bond donors (Lipinski definition) is 1. The van der Waals surface area contributed by atoms with E-state index in [1.54, 1.807) is 0 Å². The monoisotopic (exact) mass is 201 g/mol. The van der Waals surface area contributed by atoms with Crippen molar-refractivity contribution in [3.05, 3.63) is 41.5 Å². The average Bonchev–Trinajstić information content (AvgIpc) is 2.28. The van der Waals surface area contributed by atoms with E-state index >= 15 is 0 Å². The Bertz CT molecular complexity index is 395. The highest BCUT2D eigenvalue weighted by molar-refractivity contribution is 5.86. The highest BCUT2D eigenvalue weighted by Crippen LogP contribution is 2.29. The average molecular weight is 201 g/mol. The number of allylic oxidation sites excluding steroid dienone is 1. The first-order valence-electron chi connectivity index (χ1n) is 5.36. The number of carbonyl (C=O) groups is 1. The Labute approximate surface area is 90.0 Å². The summed E-state index contributed by atoms with van der Waals surface area (Å²) in [6.07, 6.45) is 4.97. The van der Waals surface area contributed by atoms with Gasteiger partial charge in [0.15, 0.2) is 0 Å². The van der Waals surface area contributed by atoms with Crippen LogP contribution in [-0.2, 0) is 4.79 Å². The molecule has 0 bridgehead atoms. The van der Waals surface area contributed by atoms with E-state index in [0.717, 1.165) is 12.0 Å². The third kappa shape index (κ3) is 1.94. The van der Waals surface area contributed by atoms with E-state index in [2.05, 4.69) is 23.5 Å². The summed E-state index contributed by atoms with van der Waals surface area (Å²) in [5, 5.41) is 2.88. The molecule has 0 radical (unpaired) electrons. The standard InChI is InChI=1S/C13H15NO/c1-2-14-13(15)12-9-5-7-10-6-3-4-8-11(10)12/h3-8,12H,2,9H2,1H3,(H,14,15). The smallest absolute Gasteiger partial charge is 0.227 e. The lowest BCUT2D eigenvalue weighted by Crippen LogP contribution is -2.29. The Hall–Kier alpha value is -1.57. The second kappa shape index (κ2) is 4.30. The summed E-state index contributed by atoms with van der Waals surface area (Å²) >= 11 is 0. The fraction of sp³-hybridized carbons (Fsp3) is 0.308. The van der Waals surface area contributed by atoms with E-state index in [9.17, 15) is 4.79 Å². The zero-order valence-electron chi connectivity index (χ0n) is 8.86. The maximum absolute atomic E-state index is 11.8. The number of benzene rings is 1. The zero-order valence-corrected chi connectivity index (χ0v) is 8.86. The largest absolute Gasteiger partial charge is 0.356 e. The minimum atomic E-state index is -0.00819. The highest BCUT2D eigenvalue weighted by Gasteiger charge is 2.22. The molecule has 1 atom stereocenters. The molecule has 0 spiro atoms. The molecule has 78 valence electrons. The van der Waals surface area contributed by atoms with Crippen molar-refractivity contribution in [2.45, 2.75) is 19.3 Å².